The summed E-state index contributed by atoms with van der Waals surface area (Å²) in [5.41, 5.74) is 3.04. The first-order chi connectivity index (χ1) is 12.5. The van der Waals surface area contributed by atoms with Crippen molar-refractivity contribution >= 4 is 49.9 Å². The van der Waals surface area contributed by atoms with Crippen LogP contribution in [0.15, 0.2) is 24.3 Å². The molecule has 1 aliphatic rings. The number of anilines is 1. The lowest BCUT2D eigenvalue weighted by molar-refractivity contribution is -0.116. The molecule has 1 aliphatic heterocycles. The third-order valence-electron chi connectivity index (χ3n) is 4.59. The third kappa shape index (κ3) is 2.75. The maximum atomic E-state index is 12.0. The first-order valence-electron chi connectivity index (χ1n) is 8.18. The van der Waals surface area contributed by atoms with Crippen LogP contribution in [-0.2, 0) is 17.8 Å². The highest BCUT2D eigenvalue weighted by molar-refractivity contribution is 7.23. The normalized spacial score (nSPS) is 13.7. The summed E-state index contributed by atoms with van der Waals surface area (Å²) in [7, 11) is 1.76. The van der Waals surface area contributed by atoms with Crippen molar-refractivity contribution in [1.29, 1.82) is 0 Å². The van der Waals surface area contributed by atoms with Crippen LogP contribution < -0.4 is 4.90 Å². The molecular weight excluding hydrogens is 370 g/mol. The Balaban J connectivity index is 1.89. The molecule has 3 heterocycles. The van der Waals surface area contributed by atoms with Gasteiger partial charge >= 0.3 is 6.09 Å². The van der Waals surface area contributed by atoms with Crippen LogP contribution in [0, 0.1) is 0 Å². The fourth-order valence-corrected chi connectivity index (χ4v) is 5.60. The summed E-state index contributed by atoms with van der Waals surface area (Å²) in [4.78, 5) is 32.2. The van der Waals surface area contributed by atoms with E-state index in [0.717, 1.165) is 36.2 Å². The molecule has 0 bridgehead atoms. The second kappa shape index (κ2) is 6.37. The Bertz CT molecular complexity index is 991. The van der Waals surface area contributed by atoms with Gasteiger partial charge in [0.25, 0.3) is 0 Å². The van der Waals surface area contributed by atoms with Gasteiger partial charge in [-0.05, 0) is 24.1 Å². The molecule has 0 radical (unpaired) electrons. The Kier molecular flexibility index (Phi) is 4.16. The first-order valence-corrected chi connectivity index (χ1v) is 9.81. The molecule has 0 atom stereocenters. The number of carbonyl (C=O) groups excluding carboxylic acids is 1. The summed E-state index contributed by atoms with van der Waals surface area (Å²) in [6, 6.07) is 7.97. The van der Waals surface area contributed by atoms with Gasteiger partial charge in [0.15, 0.2) is 0 Å². The summed E-state index contributed by atoms with van der Waals surface area (Å²) >= 11 is 3.10. The molecule has 26 heavy (non-hydrogen) atoms. The zero-order valence-corrected chi connectivity index (χ0v) is 16.0. The van der Waals surface area contributed by atoms with E-state index in [4.69, 9.17) is 4.98 Å². The lowest BCUT2D eigenvalue weighted by Gasteiger charge is -2.24. The molecule has 134 valence electrons. The molecule has 2 amide bonds. The van der Waals surface area contributed by atoms with Gasteiger partial charge in [0.2, 0.25) is 5.91 Å². The van der Waals surface area contributed by atoms with E-state index in [1.807, 2.05) is 24.3 Å². The molecule has 4 rings (SSSR count). The van der Waals surface area contributed by atoms with Gasteiger partial charge in [-0.15, -0.1) is 22.7 Å². The molecule has 1 aromatic carbocycles. The van der Waals surface area contributed by atoms with E-state index in [9.17, 15) is 14.7 Å². The molecule has 0 unspecified atom stereocenters. The fraction of sp³-hybridized carbons (Fsp3) is 0.278. The molecule has 0 spiro atoms. The van der Waals surface area contributed by atoms with E-state index in [1.165, 1.54) is 23.2 Å². The molecule has 0 fully saturated rings. The molecule has 0 saturated heterocycles. The molecule has 8 heteroatoms. The molecule has 2 aromatic heterocycles. The largest absolute Gasteiger partial charge is 0.465 e. The van der Waals surface area contributed by atoms with Crippen LogP contribution in [0.5, 0.6) is 0 Å². The SMILES string of the molecule is CC(=O)N(C)c1sc2c(c1-c1nc3ccccc3s1)CCN(C(=O)O)C2. The molecule has 0 aliphatic carbocycles. The van der Waals surface area contributed by atoms with Crippen molar-refractivity contribution in [3.8, 4) is 10.6 Å². The maximum absolute atomic E-state index is 12.0. The van der Waals surface area contributed by atoms with Gasteiger partial charge in [-0.3, -0.25) is 4.79 Å². The Morgan fingerprint density at radius 3 is 2.73 bits per heavy atom. The highest BCUT2D eigenvalue weighted by atomic mass is 32.1. The topological polar surface area (TPSA) is 73.7 Å². The maximum Gasteiger partial charge on any atom is 0.407 e. The van der Waals surface area contributed by atoms with Gasteiger partial charge in [-0.2, -0.15) is 0 Å². The van der Waals surface area contributed by atoms with Gasteiger partial charge in [-0.1, -0.05) is 12.1 Å². The lowest BCUT2D eigenvalue weighted by atomic mass is 10.0. The van der Waals surface area contributed by atoms with Crippen LogP contribution in [0.3, 0.4) is 0 Å². The third-order valence-corrected chi connectivity index (χ3v) is 6.94. The van der Waals surface area contributed by atoms with Gasteiger partial charge < -0.3 is 14.9 Å². The van der Waals surface area contributed by atoms with Gasteiger partial charge in [0, 0.05) is 31.0 Å². The van der Waals surface area contributed by atoms with Crippen LogP contribution in [0.2, 0.25) is 0 Å². The number of para-hydroxylation sites is 1. The minimum Gasteiger partial charge on any atom is -0.465 e. The van der Waals surface area contributed by atoms with Crippen molar-refractivity contribution in [1.82, 2.24) is 9.88 Å². The van der Waals surface area contributed by atoms with Crippen molar-refractivity contribution in [2.24, 2.45) is 0 Å². The number of rotatable bonds is 2. The summed E-state index contributed by atoms with van der Waals surface area (Å²) in [6.45, 7) is 2.35. The van der Waals surface area contributed by atoms with E-state index < -0.39 is 6.09 Å². The molecule has 0 saturated carbocycles. The van der Waals surface area contributed by atoms with E-state index in [-0.39, 0.29) is 5.91 Å². The zero-order chi connectivity index (χ0) is 18.4. The summed E-state index contributed by atoms with van der Waals surface area (Å²) < 4.78 is 1.10. The van der Waals surface area contributed by atoms with Crippen molar-refractivity contribution < 1.29 is 14.7 Å². The Hall–Kier alpha value is -2.45. The van der Waals surface area contributed by atoms with Crippen molar-refractivity contribution in [2.45, 2.75) is 19.9 Å². The Labute approximate surface area is 158 Å². The summed E-state index contributed by atoms with van der Waals surface area (Å²) in [5.74, 6) is -0.0546. The molecule has 3 aromatic rings. The first kappa shape index (κ1) is 17.0. The van der Waals surface area contributed by atoms with Crippen molar-refractivity contribution in [3.63, 3.8) is 0 Å². The molecule has 1 N–H and O–H groups in total. The number of carbonyl (C=O) groups is 2. The molecular formula is C18H17N3O3S2. The average molecular weight is 387 g/mol. The van der Waals surface area contributed by atoms with Crippen LogP contribution in [0.25, 0.3) is 20.8 Å². The number of nitrogens with zero attached hydrogens (tertiary/aromatic N) is 3. The summed E-state index contributed by atoms with van der Waals surface area (Å²) in [5, 5.41) is 11.0. The van der Waals surface area contributed by atoms with Crippen molar-refractivity contribution in [2.75, 3.05) is 18.5 Å². The van der Waals surface area contributed by atoms with Crippen LogP contribution in [-0.4, -0.2) is 40.6 Å². The smallest absolute Gasteiger partial charge is 0.407 e. The number of carboxylic acid groups (broad SMARTS) is 1. The molecule has 6 nitrogen and oxygen atoms in total. The summed E-state index contributed by atoms with van der Waals surface area (Å²) in [6.07, 6.45) is -0.276. The highest BCUT2D eigenvalue weighted by Crippen LogP contribution is 2.47. The fourth-order valence-electron chi connectivity index (χ4n) is 3.13. The predicted octanol–water partition coefficient (Wildman–Crippen LogP) is 4.04. The van der Waals surface area contributed by atoms with Gasteiger partial charge in [0.05, 0.1) is 16.8 Å². The van der Waals surface area contributed by atoms with Crippen LogP contribution in [0.1, 0.15) is 17.4 Å². The number of thiophene rings is 1. The van der Waals surface area contributed by atoms with Gasteiger partial charge in [0.1, 0.15) is 10.0 Å². The quantitative estimate of drug-likeness (QED) is 0.720. The Morgan fingerprint density at radius 2 is 2.04 bits per heavy atom. The number of benzene rings is 1. The van der Waals surface area contributed by atoms with E-state index in [0.29, 0.717) is 19.5 Å². The van der Waals surface area contributed by atoms with Crippen LogP contribution >= 0.6 is 22.7 Å². The number of thiazole rings is 1. The van der Waals surface area contributed by atoms with E-state index >= 15 is 0 Å². The lowest BCUT2D eigenvalue weighted by Crippen LogP contribution is -2.34. The minimum absolute atomic E-state index is 0.0546. The minimum atomic E-state index is -0.910. The number of amides is 2. The van der Waals surface area contributed by atoms with E-state index in [1.54, 1.807) is 23.3 Å². The highest BCUT2D eigenvalue weighted by Gasteiger charge is 2.30. The predicted molar refractivity (Wildman–Crippen MR) is 104 cm³/mol. The van der Waals surface area contributed by atoms with E-state index in [2.05, 4.69) is 0 Å². The number of hydrogen-bond acceptors (Lipinski definition) is 5. The van der Waals surface area contributed by atoms with Crippen molar-refractivity contribution in [3.05, 3.63) is 34.7 Å². The number of aromatic nitrogens is 1. The monoisotopic (exact) mass is 387 g/mol. The Morgan fingerprint density at radius 1 is 1.27 bits per heavy atom. The average Bonchev–Trinajstić information content (AvgIpc) is 3.20. The standard InChI is InChI=1S/C18H17N3O3S2/c1-10(22)20(2)17-15(16-19-12-5-3-4-6-13(12)25-16)11-7-8-21(18(23)24)9-14(11)26-17/h3-6H,7-9H2,1-2H3,(H,23,24). The number of hydrogen-bond donors (Lipinski definition) is 1. The van der Waals surface area contributed by atoms with Gasteiger partial charge in [-0.25, -0.2) is 9.78 Å². The second-order valence-electron chi connectivity index (χ2n) is 6.20. The second-order valence-corrected chi connectivity index (χ2v) is 8.32. The van der Waals surface area contributed by atoms with Crippen LogP contribution in [0.4, 0.5) is 9.80 Å². The number of fused-ring (bicyclic) bond motifs is 2. The zero-order valence-electron chi connectivity index (χ0n) is 14.4.